The van der Waals surface area contributed by atoms with Crippen molar-refractivity contribution in [3.8, 4) is 0 Å². The molecule has 0 aromatic rings. The second-order valence-corrected chi connectivity index (χ2v) is 9.89. The normalized spacial score (nSPS) is 13.8. The van der Waals surface area contributed by atoms with E-state index in [-0.39, 0.29) is 42.7 Å². The fourth-order valence-electron chi connectivity index (χ4n) is 3.92. The van der Waals surface area contributed by atoms with Gasteiger partial charge in [-0.2, -0.15) is 11.8 Å². The van der Waals surface area contributed by atoms with Gasteiger partial charge in [-0.3, -0.25) is 19.2 Å². The van der Waals surface area contributed by atoms with Crippen LogP contribution < -0.4 is 21.7 Å². The van der Waals surface area contributed by atoms with E-state index in [9.17, 15) is 19.2 Å². The Hall–Kier alpha value is -1.45. The molecule has 198 valence electrons. The van der Waals surface area contributed by atoms with Gasteiger partial charge in [-0.05, 0) is 78.4 Å². The third-order valence-corrected chi connectivity index (χ3v) is 6.83. The molecule has 8 nitrogen and oxygen atoms in total. The van der Waals surface area contributed by atoms with Crippen LogP contribution in [-0.4, -0.2) is 68.6 Å². The van der Waals surface area contributed by atoms with E-state index < -0.39 is 17.9 Å². The van der Waals surface area contributed by atoms with Crippen LogP contribution in [0.1, 0.15) is 77.6 Å². The molecule has 5 N–H and O–H groups in total. The van der Waals surface area contributed by atoms with Gasteiger partial charge < -0.3 is 21.7 Å². The van der Waals surface area contributed by atoms with Crippen LogP contribution in [0.2, 0.25) is 0 Å². The third kappa shape index (κ3) is 15.5. The van der Waals surface area contributed by atoms with Gasteiger partial charge in [0.1, 0.15) is 5.78 Å². The Bertz CT molecular complexity index is 603. The van der Waals surface area contributed by atoms with Crippen LogP contribution in [0.25, 0.3) is 0 Å². The van der Waals surface area contributed by atoms with Crippen molar-refractivity contribution >= 4 is 35.1 Å². The van der Waals surface area contributed by atoms with Crippen molar-refractivity contribution in [2.24, 2.45) is 17.6 Å². The summed E-state index contributed by atoms with van der Waals surface area (Å²) in [5.41, 5.74) is 5.38. The van der Waals surface area contributed by atoms with E-state index in [4.69, 9.17) is 5.73 Å². The van der Waals surface area contributed by atoms with E-state index in [1.807, 2.05) is 27.3 Å². The van der Waals surface area contributed by atoms with Crippen LogP contribution in [0.4, 0.5) is 0 Å². The number of thioether (sulfide) groups is 1. The number of ketones is 2. The largest absolute Gasteiger partial charge is 0.369 e. The smallest absolute Gasteiger partial charge is 0.223 e. The first-order valence-electron chi connectivity index (χ1n) is 12.7. The third-order valence-electron chi connectivity index (χ3n) is 6.09. The standard InChI is InChI=1S/C25H48N4O4S/c1-5-19(11-6-8-15-27-2)25(33)29-22(13-7-9-16-28-3)23(31)14-10-12-21(30)17-20(18-34-4)24(26)32/h19-20,22,27-28H,5-18H2,1-4H3,(H2,26,32)(H,29,33). The van der Waals surface area contributed by atoms with Crippen molar-refractivity contribution in [2.75, 3.05) is 39.2 Å². The average molecular weight is 501 g/mol. The number of primary amides is 1. The molecular weight excluding hydrogens is 452 g/mol. The van der Waals surface area contributed by atoms with Crippen molar-refractivity contribution in [3.63, 3.8) is 0 Å². The summed E-state index contributed by atoms with van der Waals surface area (Å²) in [5, 5.41) is 9.24. The molecule has 0 aliphatic carbocycles. The highest BCUT2D eigenvalue weighted by Crippen LogP contribution is 2.16. The van der Waals surface area contributed by atoms with E-state index >= 15 is 0 Å². The fraction of sp³-hybridized carbons (Fsp3) is 0.840. The molecule has 0 spiro atoms. The molecule has 34 heavy (non-hydrogen) atoms. The summed E-state index contributed by atoms with van der Waals surface area (Å²) >= 11 is 1.49. The number of Topliss-reactive ketones (excluding diaryl/α,β-unsaturated/α-hetero) is 2. The van der Waals surface area contributed by atoms with Gasteiger partial charge >= 0.3 is 0 Å². The van der Waals surface area contributed by atoms with Crippen LogP contribution in [0.15, 0.2) is 0 Å². The summed E-state index contributed by atoms with van der Waals surface area (Å²) in [6.07, 6.45) is 8.83. The Morgan fingerprint density at radius 3 is 2.00 bits per heavy atom. The van der Waals surface area contributed by atoms with Gasteiger partial charge in [-0.15, -0.1) is 0 Å². The zero-order valence-corrected chi connectivity index (χ0v) is 22.6. The first-order valence-corrected chi connectivity index (χ1v) is 14.1. The Balaban J connectivity index is 4.80. The molecule has 0 aliphatic rings. The fourth-order valence-corrected chi connectivity index (χ4v) is 4.60. The van der Waals surface area contributed by atoms with Gasteiger partial charge in [0, 0.05) is 30.9 Å². The van der Waals surface area contributed by atoms with E-state index in [0.717, 1.165) is 51.6 Å². The lowest BCUT2D eigenvalue weighted by Crippen LogP contribution is -2.43. The second kappa shape index (κ2) is 20.9. The highest BCUT2D eigenvalue weighted by atomic mass is 32.2. The van der Waals surface area contributed by atoms with Gasteiger partial charge in [-0.1, -0.05) is 13.3 Å². The molecule has 0 bridgehead atoms. The number of nitrogens with one attached hydrogen (secondary N) is 3. The van der Waals surface area contributed by atoms with Crippen LogP contribution in [0.5, 0.6) is 0 Å². The Kier molecular flexibility index (Phi) is 20.0. The predicted molar refractivity (Wildman–Crippen MR) is 141 cm³/mol. The summed E-state index contributed by atoms with van der Waals surface area (Å²) < 4.78 is 0. The molecule has 3 unspecified atom stereocenters. The lowest BCUT2D eigenvalue weighted by Gasteiger charge is -2.22. The molecule has 0 aromatic heterocycles. The minimum absolute atomic E-state index is 0.0220. The predicted octanol–water partition coefficient (Wildman–Crippen LogP) is 2.44. The van der Waals surface area contributed by atoms with Gasteiger partial charge in [0.2, 0.25) is 11.8 Å². The molecule has 0 rings (SSSR count). The van der Waals surface area contributed by atoms with E-state index in [1.54, 1.807) is 0 Å². The van der Waals surface area contributed by atoms with E-state index in [0.29, 0.717) is 18.6 Å². The molecular formula is C25H48N4O4S. The molecule has 3 atom stereocenters. The van der Waals surface area contributed by atoms with E-state index in [2.05, 4.69) is 16.0 Å². The molecule has 2 amide bonds. The number of hydrogen-bond acceptors (Lipinski definition) is 7. The van der Waals surface area contributed by atoms with Gasteiger partial charge in [-0.25, -0.2) is 0 Å². The van der Waals surface area contributed by atoms with Crippen molar-refractivity contribution in [1.82, 2.24) is 16.0 Å². The van der Waals surface area contributed by atoms with E-state index in [1.165, 1.54) is 11.8 Å². The topological polar surface area (TPSA) is 130 Å². The van der Waals surface area contributed by atoms with Crippen molar-refractivity contribution in [2.45, 2.75) is 83.6 Å². The Morgan fingerprint density at radius 2 is 1.47 bits per heavy atom. The monoisotopic (exact) mass is 500 g/mol. The van der Waals surface area contributed by atoms with Crippen molar-refractivity contribution in [3.05, 3.63) is 0 Å². The highest BCUT2D eigenvalue weighted by Gasteiger charge is 2.25. The number of hydrogen-bond donors (Lipinski definition) is 4. The summed E-state index contributed by atoms with van der Waals surface area (Å²) in [6.45, 7) is 3.80. The molecule has 0 radical (unpaired) electrons. The molecule has 0 aliphatic heterocycles. The first kappa shape index (κ1) is 32.5. The molecule has 0 aromatic carbocycles. The molecule has 0 fully saturated rings. The summed E-state index contributed by atoms with van der Waals surface area (Å²) in [5.74, 6) is -0.603. The maximum Gasteiger partial charge on any atom is 0.223 e. The lowest BCUT2D eigenvalue weighted by molar-refractivity contribution is -0.131. The lowest BCUT2D eigenvalue weighted by atomic mass is 9.95. The highest BCUT2D eigenvalue weighted by molar-refractivity contribution is 7.98. The number of unbranched alkanes of at least 4 members (excludes halogenated alkanes) is 2. The average Bonchev–Trinajstić information content (AvgIpc) is 2.80. The quantitative estimate of drug-likeness (QED) is 0.159. The van der Waals surface area contributed by atoms with Crippen LogP contribution in [-0.2, 0) is 19.2 Å². The van der Waals surface area contributed by atoms with Crippen LogP contribution >= 0.6 is 11.8 Å². The minimum atomic E-state index is -0.513. The van der Waals surface area contributed by atoms with Crippen LogP contribution in [0, 0.1) is 11.8 Å². The molecule has 9 heteroatoms. The van der Waals surface area contributed by atoms with Gasteiger partial charge in [0.15, 0.2) is 5.78 Å². The Labute approximate surface area is 210 Å². The van der Waals surface area contributed by atoms with Gasteiger partial charge in [0.05, 0.1) is 12.0 Å². The zero-order chi connectivity index (χ0) is 25.8. The number of nitrogens with two attached hydrogens (primary N) is 1. The number of rotatable bonds is 23. The maximum absolute atomic E-state index is 12.9. The van der Waals surface area contributed by atoms with Crippen LogP contribution in [0.3, 0.4) is 0 Å². The number of carbonyl (C=O) groups excluding carboxylic acids is 4. The molecule has 0 heterocycles. The minimum Gasteiger partial charge on any atom is -0.369 e. The molecule has 0 saturated heterocycles. The van der Waals surface area contributed by atoms with Crippen molar-refractivity contribution in [1.29, 1.82) is 0 Å². The SMILES string of the molecule is CCC(CCCCNC)C(=O)NC(CCCCNC)C(=O)CCCC(=O)CC(CSC)C(N)=O. The molecule has 0 saturated carbocycles. The van der Waals surface area contributed by atoms with Crippen molar-refractivity contribution < 1.29 is 19.2 Å². The zero-order valence-electron chi connectivity index (χ0n) is 21.8. The number of carbonyl (C=O) groups is 4. The first-order chi connectivity index (χ1) is 16.3. The van der Waals surface area contributed by atoms with Gasteiger partial charge in [0.25, 0.3) is 0 Å². The Morgan fingerprint density at radius 1 is 0.853 bits per heavy atom. The summed E-state index contributed by atoms with van der Waals surface area (Å²) in [4.78, 5) is 49.6. The summed E-state index contributed by atoms with van der Waals surface area (Å²) in [6, 6.07) is -0.513. The maximum atomic E-state index is 12.9. The number of amides is 2. The summed E-state index contributed by atoms with van der Waals surface area (Å²) in [7, 11) is 3.81. The second-order valence-electron chi connectivity index (χ2n) is 8.98.